The molecule has 0 aromatic carbocycles. The van der Waals surface area contributed by atoms with Gasteiger partial charge in [0.15, 0.2) is 0 Å². The first kappa shape index (κ1) is 26.6. The van der Waals surface area contributed by atoms with Gasteiger partial charge in [-0.3, -0.25) is 0 Å². The first-order valence-electron chi connectivity index (χ1n) is 16.6. The topological polar surface area (TPSA) is 12.0 Å². The molecule has 0 radical (unpaired) electrons. The summed E-state index contributed by atoms with van der Waals surface area (Å²) in [5.41, 5.74) is 0. The monoisotopic (exact) mass is 483 g/mol. The summed E-state index contributed by atoms with van der Waals surface area (Å²) in [5, 5.41) is 4.00. The van der Waals surface area contributed by atoms with Crippen LogP contribution >= 0.6 is 0 Å². The van der Waals surface area contributed by atoms with E-state index in [1.54, 1.807) is 19.3 Å². The van der Waals surface area contributed by atoms with Crippen LogP contribution in [0.3, 0.4) is 0 Å². The molecule has 5 saturated carbocycles. The molecule has 0 amide bonds. The normalized spacial score (nSPS) is 39.5. The van der Waals surface area contributed by atoms with Crippen molar-refractivity contribution in [1.29, 1.82) is 0 Å². The standard InChI is InChI=1S/C34H61N/c1-21(2)25(6)29(26-11-7-8-12-26)16-15-22(3)34-32-19-27(18-30-31(32)20-33(30)34)23(4)17-24(5)35-28-13-9-10-14-28/h21-35H,7-20H2,1-6H3. The van der Waals surface area contributed by atoms with Crippen LogP contribution in [0.25, 0.3) is 0 Å². The molecule has 1 nitrogen and oxygen atoms in total. The molecule has 0 aliphatic heterocycles. The Bertz CT molecular complexity index is 656. The summed E-state index contributed by atoms with van der Waals surface area (Å²) >= 11 is 0. The summed E-state index contributed by atoms with van der Waals surface area (Å²) in [6, 6.07) is 1.54. The van der Waals surface area contributed by atoms with Gasteiger partial charge >= 0.3 is 0 Å². The van der Waals surface area contributed by atoms with Gasteiger partial charge < -0.3 is 5.32 Å². The minimum atomic E-state index is 0.715. The van der Waals surface area contributed by atoms with Gasteiger partial charge in [-0.1, -0.05) is 79.6 Å². The Kier molecular flexibility index (Phi) is 8.63. The van der Waals surface area contributed by atoms with E-state index in [9.17, 15) is 0 Å². The Balaban J connectivity index is 1.14. The Morgan fingerprint density at radius 2 is 1.23 bits per heavy atom. The summed E-state index contributed by atoms with van der Waals surface area (Å²) in [7, 11) is 0. The lowest BCUT2D eigenvalue weighted by Crippen LogP contribution is -2.40. The lowest BCUT2D eigenvalue weighted by atomic mass is 9.60. The molecule has 202 valence electrons. The van der Waals surface area contributed by atoms with Crippen LogP contribution in [0.1, 0.15) is 131 Å². The maximum Gasteiger partial charge on any atom is 0.00695 e. The van der Waals surface area contributed by atoms with Gasteiger partial charge in [-0.25, -0.2) is 0 Å². The average molecular weight is 484 g/mol. The average Bonchev–Trinajstić information content (AvgIpc) is 3.59. The minimum Gasteiger partial charge on any atom is -0.311 e. The van der Waals surface area contributed by atoms with Gasteiger partial charge in [-0.05, 0) is 123 Å². The predicted molar refractivity (Wildman–Crippen MR) is 151 cm³/mol. The first-order valence-corrected chi connectivity index (χ1v) is 16.6. The fourth-order valence-corrected chi connectivity index (χ4v) is 10.9. The fourth-order valence-electron chi connectivity index (χ4n) is 10.9. The van der Waals surface area contributed by atoms with Crippen molar-refractivity contribution >= 4 is 0 Å². The zero-order valence-corrected chi connectivity index (χ0v) is 24.5. The van der Waals surface area contributed by atoms with Crippen molar-refractivity contribution in [2.75, 3.05) is 0 Å². The van der Waals surface area contributed by atoms with Crippen molar-refractivity contribution in [2.45, 2.75) is 144 Å². The van der Waals surface area contributed by atoms with Gasteiger partial charge in [-0.15, -0.1) is 0 Å². The third kappa shape index (κ3) is 5.56. The molecule has 0 aromatic heterocycles. The van der Waals surface area contributed by atoms with E-state index in [1.807, 2.05) is 0 Å². The quantitative estimate of drug-likeness (QED) is 0.291. The maximum atomic E-state index is 4.00. The van der Waals surface area contributed by atoms with Crippen LogP contribution in [0.5, 0.6) is 0 Å². The van der Waals surface area contributed by atoms with E-state index < -0.39 is 0 Å². The van der Waals surface area contributed by atoms with Crippen LogP contribution in [-0.2, 0) is 0 Å². The molecule has 11 unspecified atom stereocenters. The molecule has 5 aliphatic carbocycles. The SMILES string of the molecule is CC(CC(C)C1CC2C3CC2C(C(C)CCC(C2CCCC2)C(C)C(C)C)C3C1)NC1CCCC1. The van der Waals surface area contributed by atoms with Crippen LogP contribution in [0.15, 0.2) is 0 Å². The molecule has 5 rings (SSSR count). The fraction of sp³-hybridized carbons (Fsp3) is 1.00. The minimum absolute atomic E-state index is 0.715. The Morgan fingerprint density at radius 3 is 1.91 bits per heavy atom. The van der Waals surface area contributed by atoms with E-state index in [0.717, 1.165) is 77.1 Å². The highest BCUT2D eigenvalue weighted by molar-refractivity contribution is 5.11. The molecule has 4 bridgehead atoms. The van der Waals surface area contributed by atoms with Crippen molar-refractivity contribution in [1.82, 2.24) is 5.32 Å². The van der Waals surface area contributed by atoms with E-state index in [4.69, 9.17) is 0 Å². The predicted octanol–water partition coefficient (Wildman–Crippen LogP) is 9.36. The lowest BCUT2D eigenvalue weighted by Gasteiger charge is -2.45. The molecule has 11 atom stereocenters. The molecule has 0 heterocycles. The van der Waals surface area contributed by atoms with Crippen molar-refractivity contribution in [3.63, 3.8) is 0 Å². The summed E-state index contributed by atoms with van der Waals surface area (Å²) < 4.78 is 0. The van der Waals surface area contributed by atoms with E-state index in [2.05, 4.69) is 46.9 Å². The molecule has 1 N–H and O–H groups in total. The highest BCUT2D eigenvalue weighted by Crippen LogP contribution is 2.69. The van der Waals surface area contributed by atoms with Gasteiger partial charge in [0.1, 0.15) is 0 Å². The molecule has 5 fully saturated rings. The van der Waals surface area contributed by atoms with Crippen LogP contribution in [0.2, 0.25) is 0 Å². The van der Waals surface area contributed by atoms with Crippen LogP contribution < -0.4 is 5.32 Å². The van der Waals surface area contributed by atoms with E-state index >= 15 is 0 Å². The number of hydrogen-bond acceptors (Lipinski definition) is 1. The zero-order valence-electron chi connectivity index (χ0n) is 24.5. The second kappa shape index (κ2) is 11.4. The smallest absolute Gasteiger partial charge is 0.00695 e. The lowest BCUT2D eigenvalue weighted by molar-refractivity contribution is 0.0427. The van der Waals surface area contributed by atoms with Gasteiger partial charge in [-0.2, -0.15) is 0 Å². The van der Waals surface area contributed by atoms with Crippen molar-refractivity contribution < 1.29 is 0 Å². The van der Waals surface area contributed by atoms with Crippen molar-refractivity contribution in [3.05, 3.63) is 0 Å². The molecular formula is C34H61N. The second-order valence-corrected chi connectivity index (χ2v) is 15.3. The number of rotatable bonds is 12. The molecule has 0 saturated heterocycles. The second-order valence-electron chi connectivity index (χ2n) is 15.3. The summed E-state index contributed by atoms with van der Waals surface area (Å²) in [6.07, 6.45) is 21.1. The Labute approximate surface area is 219 Å². The molecule has 1 heteroatoms. The summed E-state index contributed by atoms with van der Waals surface area (Å²) in [5.74, 6) is 12.2. The molecule has 35 heavy (non-hydrogen) atoms. The number of hydrogen-bond donors (Lipinski definition) is 1. The van der Waals surface area contributed by atoms with Crippen molar-refractivity contribution in [2.24, 2.45) is 71.0 Å². The molecular weight excluding hydrogens is 422 g/mol. The Hall–Kier alpha value is -0.0400. The summed E-state index contributed by atoms with van der Waals surface area (Å²) in [6.45, 7) is 15.3. The van der Waals surface area contributed by atoms with Crippen LogP contribution in [-0.4, -0.2) is 12.1 Å². The highest BCUT2D eigenvalue weighted by atomic mass is 14.9. The van der Waals surface area contributed by atoms with E-state index in [1.165, 1.54) is 70.6 Å². The molecule has 5 aliphatic rings. The number of nitrogens with one attached hydrogen (secondary N) is 1. The third-order valence-electron chi connectivity index (χ3n) is 13.1. The first-order chi connectivity index (χ1) is 16.8. The van der Waals surface area contributed by atoms with E-state index in [0.29, 0.717) is 6.04 Å². The molecule has 0 aromatic rings. The van der Waals surface area contributed by atoms with Gasteiger partial charge in [0.2, 0.25) is 0 Å². The third-order valence-corrected chi connectivity index (χ3v) is 13.1. The van der Waals surface area contributed by atoms with Gasteiger partial charge in [0.25, 0.3) is 0 Å². The largest absolute Gasteiger partial charge is 0.311 e. The Morgan fingerprint density at radius 1 is 0.629 bits per heavy atom. The highest BCUT2D eigenvalue weighted by Gasteiger charge is 2.62. The van der Waals surface area contributed by atoms with Crippen molar-refractivity contribution in [3.8, 4) is 0 Å². The van der Waals surface area contributed by atoms with Crippen LogP contribution in [0.4, 0.5) is 0 Å². The molecule has 0 spiro atoms. The van der Waals surface area contributed by atoms with Crippen LogP contribution in [0, 0.1) is 71.0 Å². The zero-order chi connectivity index (χ0) is 24.7. The van der Waals surface area contributed by atoms with Gasteiger partial charge in [0.05, 0.1) is 0 Å². The van der Waals surface area contributed by atoms with Gasteiger partial charge in [0, 0.05) is 12.1 Å². The summed E-state index contributed by atoms with van der Waals surface area (Å²) in [4.78, 5) is 0. The van der Waals surface area contributed by atoms with E-state index in [-0.39, 0.29) is 0 Å². The maximum absolute atomic E-state index is 4.00.